The molecule has 20 heavy (non-hydrogen) atoms. The molecule has 0 fully saturated rings. The van der Waals surface area contributed by atoms with Crippen molar-refractivity contribution in [2.75, 3.05) is 13.7 Å². The number of ether oxygens (including phenoxy) is 1. The third-order valence-corrected chi connectivity index (χ3v) is 2.86. The number of esters is 1. The number of hydrogen-bond donors (Lipinski definition) is 2. The highest BCUT2D eigenvalue weighted by Gasteiger charge is 2.16. The second-order valence-electron chi connectivity index (χ2n) is 4.30. The molecule has 2 N–H and O–H groups in total. The Morgan fingerprint density at radius 1 is 1.40 bits per heavy atom. The van der Waals surface area contributed by atoms with Gasteiger partial charge in [-0.2, -0.15) is 0 Å². The third kappa shape index (κ3) is 2.69. The van der Waals surface area contributed by atoms with Crippen LogP contribution >= 0.6 is 0 Å². The number of benzene rings is 1. The van der Waals surface area contributed by atoms with Crippen LogP contribution in [-0.4, -0.2) is 35.6 Å². The molecule has 1 aromatic heterocycles. The monoisotopic (exact) mass is 274 g/mol. The van der Waals surface area contributed by atoms with Crippen molar-refractivity contribution in [3.8, 4) is 5.75 Å². The van der Waals surface area contributed by atoms with E-state index < -0.39 is 11.9 Å². The van der Waals surface area contributed by atoms with Gasteiger partial charge in [-0.05, 0) is 13.0 Å². The Labute approximate surface area is 115 Å². The maximum Gasteiger partial charge on any atom is 0.325 e. The molecule has 0 bridgehead atoms. The van der Waals surface area contributed by atoms with Gasteiger partial charge in [-0.25, -0.2) is 4.98 Å². The number of carbonyl (C=O) groups excluding carboxylic acids is 2. The fourth-order valence-electron chi connectivity index (χ4n) is 1.80. The summed E-state index contributed by atoms with van der Waals surface area (Å²) >= 11 is 0. The maximum absolute atomic E-state index is 11.9. The summed E-state index contributed by atoms with van der Waals surface area (Å²) in [6.07, 6.45) is 1.51. The highest BCUT2D eigenvalue weighted by atomic mass is 16.5. The molecule has 0 aliphatic heterocycles. The Morgan fingerprint density at radius 3 is 2.85 bits per heavy atom. The lowest BCUT2D eigenvalue weighted by molar-refractivity contribution is -0.139. The van der Waals surface area contributed by atoms with Crippen molar-refractivity contribution in [1.82, 2.24) is 10.3 Å². The van der Waals surface area contributed by atoms with Gasteiger partial charge in [0.05, 0.1) is 7.11 Å². The normalized spacial score (nSPS) is 10.3. The zero-order chi connectivity index (χ0) is 14.7. The quantitative estimate of drug-likeness (QED) is 0.820. The van der Waals surface area contributed by atoms with E-state index in [1.807, 2.05) is 19.1 Å². The summed E-state index contributed by atoms with van der Waals surface area (Å²) in [4.78, 5) is 26.8. The number of aryl methyl sites for hydroxylation is 1. The Bertz CT molecular complexity index is 682. The van der Waals surface area contributed by atoms with E-state index in [2.05, 4.69) is 15.0 Å². The van der Waals surface area contributed by atoms with E-state index in [0.29, 0.717) is 5.39 Å². The van der Waals surface area contributed by atoms with Crippen LogP contribution in [0.25, 0.3) is 10.8 Å². The van der Waals surface area contributed by atoms with Crippen molar-refractivity contribution in [2.45, 2.75) is 6.92 Å². The van der Waals surface area contributed by atoms with Crippen LogP contribution in [0, 0.1) is 6.92 Å². The Hall–Kier alpha value is -2.63. The Morgan fingerprint density at radius 2 is 2.15 bits per heavy atom. The van der Waals surface area contributed by atoms with Gasteiger partial charge >= 0.3 is 5.97 Å². The summed E-state index contributed by atoms with van der Waals surface area (Å²) < 4.78 is 4.41. The van der Waals surface area contributed by atoms with Crippen molar-refractivity contribution in [1.29, 1.82) is 0 Å². The highest BCUT2D eigenvalue weighted by molar-refractivity contribution is 6.02. The molecule has 0 saturated heterocycles. The van der Waals surface area contributed by atoms with Gasteiger partial charge in [0, 0.05) is 17.0 Å². The van der Waals surface area contributed by atoms with Crippen molar-refractivity contribution in [3.05, 3.63) is 35.7 Å². The van der Waals surface area contributed by atoms with E-state index in [1.165, 1.54) is 13.3 Å². The van der Waals surface area contributed by atoms with E-state index in [0.717, 1.165) is 10.9 Å². The first-order chi connectivity index (χ1) is 9.52. The molecule has 0 saturated carbocycles. The topological polar surface area (TPSA) is 88.5 Å². The van der Waals surface area contributed by atoms with Gasteiger partial charge in [-0.3, -0.25) is 9.59 Å². The van der Waals surface area contributed by atoms with Gasteiger partial charge in [-0.1, -0.05) is 17.7 Å². The second-order valence-corrected chi connectivity index (χ2v) is 4.30. The van der Waals surface area contributed by atoms with Gasteiger partial charge in [0.2, 0.25) is 0 Å². The minimum atomic E-state index is -0.629. The number of methoxy groups -OCH3 is 1. The summed E-state index contributed by atoms with van der Waals surface area (Å²) in [5.74, 6) is -1.41. The number of aromatic nitrogens is 1. The number of pyridine rings is 1. The van der Waals surface area contributed by atoms with E-state index in [-0.39, 0.29) is 18.0 Å². The summed E-state index contributed by atoms with van der Waals surface area (Å²) in [5, 5.41) is 13.7. The van der Waals surface area contributed by atoms with Gasteiger partial charge in [0.15, 0.2) is 11.4 Å². The van der Waals surface area contributed by atoms with E-state index >= 15 is 0 Å². The lowest BCUT2D eigenvalue weighted by Crippen LogP contribution is -2.30. The summed E-state index contributed by atoms with van der Waals surface area (Å²) in [6, 6.07) is 5.41. The Kier molecular flexibility index (Phi) is 3.84. The molecular formula is C14H14N2O4. The van der Waals surface area contributed by atoms with Crippen LogP contribution in [0.5, 0.6) is 5.75 Å². The molecule has 104 valence electrons. The number of fused-ring (bicyclic) bond motifs is 1. The van der Waals surface area contributed by atoms with Crippen LogP contribution in [0.4, 0.5) is 0 Å². The molecule has 1 amide bonds. The molecule has 0 aliphatic rings. The van der Waals surface area contributed by atoms with Crippen LogP contribution in [0.2, 0.25) is 0 Å². The van der Waals surface area contributed by atoms with Crippen molar-refractivity contribution < 1.29 is 19.4 Å². The van der Waals surface area contributed by atoms with Gasteiger partial charge in [0.1, 0.15) is 6.54 Å². The number of carbonyl (C=O) groups is 2. The number of hydrogen-bond acceptors (Lipinski definition) is 5. The number of amides is 1. The molecule has 0 atom stereocenters. The molecule has 0 unspecified atom stereocenters. The van der Waals surface area contributed by atoms with Crippen LogP contribution in [-0.2, 0) is 9.53 Å². The fourth-order valence-corrected chi connectivity index (χ4v) is 1.80. The zero-order valence-electron chi connectivity index (χ0n) is 11.1. The molecule has 0 radical (unpaired) electrons. The average Bonchev–Trinajstić information content (AvgIpc) is 2.44. The minimum absolute atomic E-state index is 0.120. The molecule has 2 aromatic rings. The first-order valence-electron chi connectivity index (χ1n) is 5.96. The zero-order valence-corrected chi connectivity index (χ0v) is 11.1. The van der Waals surface area contributed by atoms with E-state index in [9.17, 15) is 14.7 Å². The smallest absolute Gasteiger partial charge is 0.325 e. The number of nitrogens with zero attached hydrogens (tertiary/aromatic N) is 1. The molecule has 0 spiro atoms. The fraction of sp³-hybridized carbons (Fsp3) is 0.214. The second kappa shape index (κ2) is 5.56. The lowest BCUT2D eigenvalue weighted by Gasteiger charge is -2.08. The number of aromatic hydroxyl groups is 1. The van der Waals surface area contributed by atoms with Gasteiger partial charge in [-0.15, -0.1) is 0 Å². The van der Waals surface area contributed by atoms with E-state index in [4.69, 9.17) is 0 Å². The lowest BCUT2D eigenvalue weighted by atomic mass is 10.1. The van der Waals surface area contributed by atoms with Crippen molar-refractivity contribution in [3.63, 3.8) is 0 Å². The van der Waals surface area contributed by atoms with E-state index in [1.54, 1.807) is 6.07 Å². The van der Waals surface area contributed by atoms with Gasteiger partial charge in [0.25, 0.3) is 5.91 Å². The maximum atomic E-state index is 11.9. The third-order valence-electron chi connectivity index (χ3n) is 2.86. The van der Waals surface area contributed by atoms with Crippen LogP contribution in [0.3, 0.4) is 0 Å². The Balaban J connectivity index is 2.31. The molecule has 1 aromatic carbocycles. The van der Waals surface area contributed by atoms with Crippen LogP contribution < -0.4 is 5.32 Å². The minimum Gasteiger partial charge on any atom is -0.505 e. The first kappa shape index (κ1) is 13.8. The molecule has 0 aliphatic carbocycles. The number of rotatable bonds is 3. The summed E-state index contributed by atoms with van der Waals surface area (Å²) in [7, 11) is 1.22. The number of nitrogens with one attached hydrogen (secondary N) is 1. The average molecular weight is 274 g/mol. The standard InChI is InChI=1S/C14H14N2O4/c1-8-3-4-10-9(5-8)6-15-12(13(10)18)14(19)16-7-11(17)20-2/h3-6,18H,7H2,1-2H3,(H,16,19). The first-order valence-corrected chi connectivity index (χ1v) is 5.96. The van der Waals surface area contributed by atoms with Crippen LogP contribution in [0.1, 0.15) is 16.1 Å². The summed E-state index contributed by atoms with van der Waals surface area (Å²) in [6.45, 7) is 1.65. The van der Waals surface area contributed by atoms with Crippen molar-refractivity contribution >= 4 is 22.6 Å². The summed E-state index contributed by atoms with van der Waals surface area (Å²) in [5.41, 5.74) is 0.909. The molecule has 1 heterocycles. The predicted molar refractivity (Wildman–Crippen MR) is 72.5 cm³/mol. The van der Waals surface area contributed by atoms with Gasteiger partial charge < -0.3 is 15.2 Å². The molecule has 6 nitrogen and oxygen atoms in total. The molecular weight excluding hydrogens is 260 g/mol. The van der Waals surface area contributed by atoms with Crippen molar-refractivity contribution in [2.24, 2.45) is 0 Å². The SMILES string of the molecule is COC(=O)CNC(=O)c1ncc2cc(C)ccc2c1O. The largest absolute Gasteiger partial charge is 0.505 e. The molecule has 2 rings (SSSR count). The molecule has 6 heteroatoms. The highest BCUT2D eigenvalue weighted by Crippen LogP contribution is 2.27. The predicted octanol–water partition coefficient (Wildman–Crippen LogP) is 1.15. The van der Waals surface area contributed by atoms with Crippen LogP contribution in [0.15, 0.2) is 24.4 Å².